The Bertz CT molecular complexity index is 457. The highest BCUT2D eigenvalue weighted by molar-refractivity contribution is 5.89. The lowest BCUT2D eigenvalue weighted by Gasteiger charge is -2.44. The van der Waals surface area contributed by atoms with Crippen LogP contribution in [0.2, 0.25) is 0 Å². The van der Waals surface area contributed by atoms with Gasteiger partial charge in [-0.1, -0.05) is 25.7 Å². The summed E-state index contributed by atoms with van der Waals surface area (Å²) in [6.45, 7) is 0. The van der Waals surface area contributed by atoms with Crippen LogP contribution in [0.25, 0.3) is 0 Å². The highest BCUT2D eigenvalue weighted by Gasteiger charge is 2.56. The zero-order valence-electron chi connectivity index (χ0n) is 12.6. The van der Waals surface area contributed by atoms with E-state index in [2.05, 4.69) is 0 Å². The van der Waals surface area contributed by atoms with Crippen molar-refractivity contribution in [2.24, 2.45) is 11.8 Å². The van der Waals surface area contributed by atoms with E-state index >= 15 is 0 Å². The first kappa shape index (κ1) is 15.6. The Morgan fingerprint density at radius 2 is 1.45 bits per heavy atom. The van der Waals surface area contributed by atoms with E-state index in [0.29, 0.717) is 0 Å². The summed E-state index contributed by atoms with van der Waals surface area (Å²) in [7, 11) is 0. The van der Waals surface area contributed by atoms with E-state index in [4.69, 9.17) is 4.74 Å². The van der Waals surface area contributed by atoms with Crippen molar-refractivity contribution in [2.75, 3.05) is 0 Å². The van der Waals surface area contributed by atoms with Crippen molar-refractivity contribution >= 4 is 5.97 Å². The molecule has 3 rings (SSSR count). The lowest BCUT2D eigenvalue weighted by atomic mass is 9.70. The number of hydrogen-bond donors (Lipinski definition) is 4. The van der Waals surface area contributed by atoms with Crippen LogP contribution in [-0.4, -0.2) is 44.2 Å². The molecule has 0 aromatic heterocycles. The maximum Gasteiger partial charge on any atom is 0.377 e. The first-order valence-corrected chi connectivity index (χ1v) is 8.19. The predicted octanol–water partition coefficient (Wildman–Crippen LogP) is 1.71. The number of carbonyl (C=O) groups excluding carboxylic acids is 1. The van der Waals surface area contributed by atoms with Gasteiger partial charge in [0.25, 0.3) is 0 Å². The number of carbonyl (C=O) groups is 1. The molecule has 1 heterocycles. The van der Waals surface area contributed by atoms with Crippen molar-refractivity contribution in [3.63, 3.8) is 0 Å². The molecule has 0 radical (unpaired) electrons. The Hall–Kier alpha value is -1.27. The van der Waals surface area contributed by atoms with Crippen LogP contribution >= 0.6 is 0 Å². The van der Waals surface area contributed by atoms with Crippen LogP contribution in [0.1, 0.15) is 51.4 Å². The Morgan fingerprint density at radius 3 is 1.82 bits per heavy atom. The van der Waals surface area contributed by atoms with Crippen LogP contribution in [0, 0.1) is 11.8 Å². The Labute approximate surface area is 129 Å². The van der Waals surface area contributed by atoms with Crippen LogP contribution in [0.4, 0.5) is 0 Å². The zero-order chi connectivity index (χ0) is 15.9. The molecule has 0 aromatic carbocycles. The Balaban J connectivity index is 1.90. The van der Waals surface area contributed by atoms with E-state index in [0.717, 1.165) is 51.4 Å². The number of cyclic esters (lactones) is 1. The van der Waals surface area contributed by atoms with Crippen LogP contribution < -0.4 is 0 Å². The van der Waals surface area contributed by atoms with Crippen LogP contribution in [0.3, 0.4) is 0 Å². The minimum Gasteiger partial charge on any atom is -0.505 e. The molecule has 0 unspecified atom stereocenters. The van der Waals surface area contributed by atoms with Gasteiger partial charge in [0.1, 0.15) is 11.7 Å². The molecule has 2 aliphatic carbocycles. The standard InChI is InChI=1S/C16H24O6/c17-11-12(18)15(20)22-13(11)14(19)16(21,9-5-1-2-6-9)10-7-3-4-8-10/h9-10,13-14,17-19,21H,1-8H2/t13-,14+/m0/s1. The van der Waals surface area contributed by atoms with Gasteiger partial charge in [0.05, 0.1) is 0 Å². The van der Waals surface area contributed by atoms with Crippen molar-refractivity contribution in [2.45, 2.75) is 69.2 Å². The molecule has 22 heavy (non-hydrogen) atoms. The quantitative estimate of drug-likeness (QED) is 0.589. The molecule has 4 N–H and O–H groups in total. The predicted molar refractivity (Wildman–Crippen MR) is 77.0 cm³/mol. The van der Waals surface area contributed by atoms with Gasteiger partial charge in [-0.2, -0.15) is 0 Å². The van der Waals surface area contributed by atoms with E-state index < -0.39 is 35.3 Å². The van der Waals surface area contributed by atoms with Gasteiger partial charge >= 0.3 is 5.97 Å². The van der Waals surface area contributed by atoms with Gasteiger partial charge in [0, 0.05) is 0 Å². The van der Waals surface area contributed by atoms with Crippen molar-refractivity contribution in [1.82, 2.24) is 0 Å². The first-order chi connectivity index (χ1) is 10.5. The van der Waals surface area contributed by atoms with Crippen LogP contribution in [0.15, 0.2) is 11.5 Å². The third kappa shape index (κ3) is 2.29. The average molecular weight is 312 g/mol. The monoisotopic (exact) mass is 312 g/mol. The number of hydrogen-bond acceptors (Lipinski definition) is 6. The van der Waals surface area contributed by atoms with Gasteiger partial charge in [-0.05, 0) is 37.5 Å². The molecule has 1 aliphatic heterocycles. The summed E-state index contributed by atoms with van der Waals surface area (Å²) >= 11 is 0. The molecule has 124 valence electrons. The highest BCUT2D eigenvalue weighted by Crippen LogP contribution is 2.48. The second-order valence-corrected chi connectivity index (χ2v) is 6.85. The van der Waals surface area contributed by atoms with E-state index in [1.807, 2.05) is 0 Å². The molecular formula is C16H24O6. The lowest BCUT2D eigenvalue weighted by Crippen LogP contribution is -2.58. The molecule has 0 spiro atoms. The molecule has 2 saturated carbocycles. The van der Waals surface area contributed by atoms with Crippen molar-refractivity contribution < 1.29 is 30.0 Å². The third-order valence-corrected chi connectivity index (χ3v) is 5.72. The number of aliphatic hydroxyl groups excluding tert-OH is 3. The summed E-state index contributed by atoms with van der Waals surface area (Å²) in [5, 5.41) is 41.4. The molecule has 0 amide bonds. The minimum absolute atomic E-state index is 0.0696. The van der Waals surface area contributed by atoms with Gasteiger partial charge in [-0.25, -0.2) is 4.79 Å². The Morgan fingerprint density at radius 1 is 1.00 bits per heavy atom. The fourth-order valence-corrected chi connectivity index (χ4v) is 4.52. The Kier molecular flexibility index (Phi) is 4.07. The van der Waals surface area contributed by atoms with E-state index in [1.165, 1.54) is 0 Å². The first-order valence-electron chi connectivity index (χ1n) is 8.19. The normalized spacial score (nSPS) is 29.4. The summed E-state index contributed by atoms with van der Waals surface area (Å²) < 4.78 is 4.89. The molecule has 6 nitrogen and oxygen atoms in total. The lowest BCUT2D eigenvalue weighted by molar-refractivity contribution is -0.188. The van der Waals surface area contributed by atoms with Gasteiger partial charge in [-0.3, -0.25) is 0 Å². The molecule has 6 heteroatoms. The SMILES string of the molecule is O=C1O[C@H]([C@@H](O)C(O)(C2CCCC2)C2CCCC2)C(O)=C1O. The molecule has 0 aromatic rings. The van der Waals surface area contributed by atoms with Crippen molar-refractivity contribution in [1.29, 1.82) is 0 Å². The smallest absolute Gasteiger partial charge is 0.377 e. The second kappa shape index (κ2) is 5.74. The average Bonchev–Trinajstić information content (AvgIpc) is 3.25. The van der Waals surface area contributed by atoms with E-state index in [1.54, 1.807) is 0 Å². The summed E-state index contributed by atoms with van der Waals surface area (Å²) in [4.78, 5) is 11.4. The minimum atomic E-state index is -1.42. The maximum atomic E-state index is 11.4. The number of esters is 1. The molecule has 3 aliphatic rings. The van der Waals surface area contributed by atoms with Crippen molar-refractivity contribution in [3.05, 3.63) is 11.5 Å². The second-order valence-electron chi connectivity index (χ2n) is 6.85. The molecule has 2 fully saturated rings. The fourth-order valence-electron chi connectivity index (χ4n) is 4.52. The topological polar surface area (TPSA) is 107 Å². The van der Waals surface area contributed by atoms with E-state index in [9.17, 15) is 25.2 Å². The number of rotatable bonds is 4. The summed E-state index contributed by atoms with van der Waals surface area (Å²) in [6.07, 6.45) is 4.50. The van der Waals surface area contributed by atoms with Gasteiger partial charge in [0.15, 0.2) is 11.9 Å². The number of ether oxygens (including phenoxy) is 1. The maximum absolute atomic E-state index is 11.4. The van der Waals surface area contributed by atoms with Gasteiger partial charge < -0.3 is 25.2 Å². The highest BCUT2D eigenvalue weighted by atomic mass is 16.6. The van der Waals surface area contributed by atoms with Crippen LogP contribution in [-0.2, 0) is 9.53 Å². The third-order valence-electron chi connectivity index (χ3n) is 5.72. The zero-order valence-corrected chi connectivity index (χ0v) is 12.6. The number of aliphatic hydroxyl groups is 4. The van der Waals surface area contributed by atoms with Gasteiger partial charge in [-0.15, -0.1) is 0 Å². The summed E-state index contributed by atoms with van der Waals surface area (Å²) in [5.41, 5.74) is -1.39. The summed E-state index contributed by atoms with van der Waals surface area (Å²) in [6, 6.07) is 0. The van der Waals surface area contributed by atoms with Crippen LogP contribution in [0.5, 0.6) is 0 Å². The molecule has 0 bridgehead atoms. The molecular weight excluding hydrogens is 288 g/mol. The van der Waals surface area contributed by atoms with Gasteiger partial charge in [0.2, 0.25) is 5.76 Å². The molecule has 2 atom stereocenters. The van der Waals surface area contributed by atoms with E-state index in [-0.39, 0.29) is 11.8 Å². The molecule has 0 saturated heterocycles. The summed E-state index contributed by atoms with van der Waals surface area (Å²) in [5.74, 6) is -2.74. The largest absolute Gasteiger partial charge is 0.505 e. The fraction of sp³-hybridized carbons (Fsp3) is 0.812. The van der Waals surface area contributed by atoms with Crippen molar-refractivity contribution in [3.8, 4) is 0 Å².